The Morgan fingerprint density at radius 3 is 2.19 bits per heavy atom. The van der Waals surface area contributed by atoms with Crippen LogP contribution in [0.5, 0.6) is 0 Å². The molecule has 0 amide bonds. The third-order valence-electron chi connectivity index (χ3n) is 12.1. The number of cyclic esters (lactones) is 1. The lowest BCUT2D eigenvalue weighted by atomic mass is 9.88. The van der Waals surface area contributed by atoms with Crippen molar-refractivity contribution in [1.29, 1.82) is 0 Å². The second kappa shape index (κ2) is 34.8. The summed E-state index contributed by atoms with van der Waals surface area (Å²) in [4.78, 5) is 77.9. The van der Waals surface area contributed by atoms with Crippen molar-refractivity contribution in [2.24, 2.45) is 11.8 Å². The van der Waals surface area contributed by atoms with E-state index in [1.807, 2.05) is 6.92 Å². The van der Waals surface area contributed by atoms with Gasteiger partial charge in [0.25, 0.3) is 0 Å². The summed E-state index contributed by atoms with van der Waals surface area (Å²) < 4.78 is 59.1. The van der Waals surface area contributed by atoms with E-state index < -0.39 is 107 Å². The molecule has 2 aliphatic heterocycles. The summed E-state index contributed by atoms with van der Waals surface area (Å²) in [5.74, 6) is -4.69. The molecule has 0 aliphatic carbocycles. The summed E-state index contributed by atoms with van der Waals surface area (Å²) in [6, 6.07) is 1.28. The fourth-order valence-corrected chi connectivity index (χ4v) is 10.1. The number of allylic oxidation sites excluding steroid dienone is 5. The minimum Gasteiger partial charge on any atom is -0.462 e. The van der Waals surface area contributed by atoms with Crippen LogP contribution in [0.2, 0.25) is 0 Å². The molecule has 0 fully saturated rings. The fraction of sp³-hybridized carbons (Fsp3) is 0.700. The largest absolute Gasteiger partial charge is 0.481 e. The number of ketones is 1. The van der Waals surface area contributed by atoms with Crippen LogP contribution >= 0.6 is 15.6 Å². The van der Waals surface area contributed by atoms with E-state index in [-0.39, 0.29) is 25.1 Å². The van der Waals surface area contributed by atoms with Gasteiger partial charge in [-0.25, -0.2) is 13.9 Å². The first-order chi connectivity index (χ1) is 34.4. The molecule has 408 valence electrons. The number of unbranched alkanes of at least 4 members (excludes halogenated alkanes) is 13. The molecule has 0 spiro atoms. The number of aromatic nitrogens is 2. The molecule has 0 saturated carbocycles. The topological polar surface area (TPSA) is 303 Å². The van der Waals surface area contributed by atoms with Crippen molar-refractivity contribution in [2.75, 3.05) is 25.6 Å². The second-order valence-corrected chi connectivity index (χ2v) is 21.4. The van der Waals surface area contributed by atoms with E-state index in [1.165, 1.54) is 56.2 Å². The lowest BCUT2D eigenvalue weighted by molar-refractivity contribution is -0.167. The summed E-state index contributed by atoms with van der Waals surface area (Å²) >= 11 is 0. The van der Waals surface area contributed by atoms with Crippen LogP contribution in [0, 0.1) is 11.8 Å². The van der Waals surface area contributed by atoms with Gasteiger partial charge in [0, 0.05) is 25.0 Å². The Bertz CT molecular complexity index is 2050. The molecule has 1 aromatic heterocycles. The highest BCUT2D eigenvalue weighted by Crippen LogP contribution is 2.60. The van der Waals surface area contributed by atoms with E-state index in [0.29, 0.717) is 32.1 Å². The maximum absolute atomic E-state index is 13.8. The van der Waals surface area contributed by atoms with Gasteiger partial charge in [0.1, 0.15) is 30.9 Å². The third kappa shape index (κ3) is 25.5. The Morgan fingerprint density at radius 1 is 0.875 bits per heavy atom. The Balaban J connectivity index is 1.79. The molecule has 20 nitrogen and oxygen atoms in total. The van der Waals surface area contributed by atoms with Crippen LogP contribution in [0.4, 0.5) is 5.82 Å². The number of carbonyl (C=O) groups excluding carboxylic acids is 3. The van der Waals surface area contributed by atoms with Gasteiger partial charge < -0.3 is 45.1 Å². The van der Waals surface area contributed by atoms with E-state index in [2.05, 4.69) is 28.4 Å². The molecule has 2 bridgehead atoms. The number of nitrogen functional groups attached to an aromatic ring is 1. The second-order valence-electron chi connectivity index (χ2n) is 18.3. The molecule has 3 heterocycles. The van der Waals surface area contributed by atoms with Gasteiger partial charge in [0.15, 0.2) is 11.9 Å². The van der Waals surface area contributed by atoms with Crippen molar-refractivity contribution >= 4 is 39.2 Å². The normalized spacial score (nSPS) is 28.2. The average molecular weight is 1060 g/mol. The van der Waals surface area contributed by atoms with Crippen LogP contribution in [-0.2, 0) is 51.1 Å². The summed E-state index contributed by atoms with van der Waals surface area (Å²) in [7, 11) is -11.2. The van der Waals surface area contributed by atoms with Crippen molar-refractivity contribution < 1.29 is 76.2 Å². The van der Waals surface area contributed by atoms with Gasteiger partial charge in [-0.3, -0.25) is 28.0 Å². The van der Waals surface area contributed by atoms with E-state index >= 15 is 0 Å². The first-order valence-corrected chi connectivity index (χ1v) is 28.7. The molecule has 3 rings (SSSR count). The quantitative estimate of drug-likeness (QED) is 0.0260. The number of aliphatic hydroxyl groups is 3. The third-order valence-corrected chi connectivity index (χ3v) is 14.7. The monoisotopic (exact) mass is 1060 g/mol. The molecule has 0 saturated heterocycles. The van der Waals surface area contributed by atoms with Gasteiger partial charge in [0.05, 0.1) is 31.3 Å². The van der Waals surface area contributed by atoms with Gasteiger partial charge in [-0.2, -0.15) is 9.29 Å². The summed E-state index contributed by atoms with van der Waals surface area (Å²) in [6.07, 6.45) is 21.5. The van der Waals surface area contributed by atoms with E-state index in [9.17, 15) is 53.4 Å². The molecule has 0 aromatic carbocycles. The highest BCUT2D eigenvalue weighted by molar-refractivity contribution is 7.61. The maximum atomic E-state index is 13.8. The molecular weight excluding hydrogens is 977 g/mol. The number of anilines is 1. The molecule has 22 heteroatoms. The average Bonchev–Trinajstić information content (AvgIpc) is 3.32. The smallest absolute Gasteiger partial charge is 0.462 e. The number of phosphoric acid groups is 2. The number of aliphatic hydroxyl groups excluding tert-OH is 3. The van der Waals surface area contributed by atoms with Gasteiger partial charge in [-0.15, -0.1) is 0 Å². The van der Waals surface area contributed by atoms with Gasteiger partial charge in [0.2, 0.25) is 0 Å². The number of esters is 2. The number of hydrogen-bond acceptors (Lipinski definition) is 17. The number of phosphoric ester groups is 2. The Kier molecular flexibility index (Phi) is 30.2. The number of hydrogen-bond donors (Lipinski definition) is 6. The number of nitrogens with zero attached hydrogens (tertiary/aromatic N) is 2. The van der Waals surface area contributed by atoms with Crippen molar-refractivity contribution in [3.05, 3.63) is 71.4 Å². The van der Waals surface area contributed by atoms with E-state index in [1.54, 1.807) is 12.2 Å². The number of rotatable bonds is 23. The van der Waals surface area contributed by atoms with Crippen LogP contribution < -0.4 is 11.4 Å². The van der Waals surface area contributed by atoms with Crippen LogP contribution in [-0.4, -0.2) is 103 Å². The minimum absolute atomic E-state index is 0.00373. The first-order valence-electron chi connectivity index (χ1n) is 25.7. The van der Waals surface area contributed by atoms with Crippen molar-refractivity contribution in [3.8, 4) is 0 Å². The van der Waals surface area contributed by atoms with Crippen LogP contribution in [0.1, 0.15) is 161 Å². The SMILES string of the molecule is CCCCCC/C=C\CCCCCCCCCC(=O)O[C@@H]1COC(=O)CCCC=CC[C@H]2C=CC(=O)[C@H](/C=C/[C@@H](O)CCCCC)[C@H](O)[C@H](O)[C@@H](COP(=O)(O)OP(=O)(O)OC1)O[C@H]2n1ccc(N)nc1=O. The van der Waals surface area contributed by atoms with Crippen molar-refractivity contribution in [2.45, 2.75) is 192 Å². The van der Waals surface area contributed by atoms with Crippen molar-refractivity contribution in [3.63, 3.8) is 0 Å². The Morgan fingerprint density at radius 2 is 1.51 bits per heavy atom. The van der Waals surface area contributed by atoms with E-state index in [0.717, 1.165) is 74.9 Å². The number of fused-ring (bicyclic) bond motifs is 3. The molecular formula is C50H81N3O17P2. The van der Waals surface area contributed by atoms with Gasteiger partial charge >= 0.3 is 33.3 Å². The first kappa shape index (κ1) is 62.6. The zero-order valence-corrected chi connectivity index (χ0v) is 43.9. The lowest BCUT2D eigenvalue weighted by Crippen LogP contribution is -2.49. The fourth-order valence-electron chi connectivity index (χ4n) is 7.98. The van der Waals surface area contributed by atoms with Crippen LogP contribution in [0.15, 0.2) is 65.7 Å². The van der Waals surface area contributed by atoms with Gasteiger partial charge in [-0.05, 0) is 69.9 Å². The molecule has 1 aromatic rings. The summed E-state index contributed by atoms with van der Waals surface area (Å²) in [5, 5.41) is 33.8. The molecule has 0 radical (unpaired) electrons. The van der Waals surface area contributed by atoms with Crippen molar-refractivity contribution in [1.82, 2.24) is 9.55 Å². The Labute approximate surface area is 424 Å². The summed E-state index contributed by atoms with van der Waals surface area (Å²) in [5.41, 5.74) is 4.83. The number of carbonyl (C=O) groups is 3. The lowest BCUT2D eigenvalue weighted by Gasteiger charge is -2.36. The molecule has 10 atom stereocenters. The zero-order valence-electron chi connectivity index (χ0n) is 42.1. The van der Waals surface area contributed by atoms with Crippen LogP contribution in [0.25, 0.3) is 0 Å². The maximum Gasteiger partial charge on any atom is 0.481 e. The molecule has 7 N–H and O–H groups in total. The van der Waals surface area contributed by atoms with Gasteiger partial charge in [-0.1, -0.05) is 127 Å². The summed E-state index contributed by atoms with van der Waals surface area (Å²) in [6.45, 7) is 1.54. The molecule has 2 aliphatic rings. The minimum atomic E-state index is -5.68. The predicted molar refractivity (Wildman–Crippen MR) is 270 cm³/mol. The highest BCUT2D eigenvalue weighted by Gasteiger charge is 2.42. The molecule has 72 heavy (non-hydrogen) atoms. The Hall–Kier alpha value is -3.65. The van der Waals surface area contributed by atoms with Crippen LogP contribution in [0.3, 0.4) is 0 Å². The van der Waals surface area contributed by atoms with E-state index in [4.69, 9.17) is 29.0 Å². The molecule has 2 unspecified atom stereocenters. The highest BCUT2D eigenvalue weighted by atomic mass is 31.3. The standard InChI is InChI=1S/C50H81N3O17P2/c1-3-5-7-8-9-10-11-12-13-14-15-16-17-18-24-28-46(57)68-40-35-65-45(56)27-23-20-19-22-25-38-29-32-42(55)41(31-30-39(54)26-21-6-4-2)47(58)48(59)43(37-67-72(63,64)70-71(61,62)66-36-40)69-49(38)53-34-33-44(51)52-50(53)60/h10-11,19,22,29-34,38-41,43,47-49,54,58-59H,3-9,12-18,20-21,23-28,35-37H2,1-2H3,(H,61,62)(H,63,64)(H2,51,52,60)/b11-10-,22-19?,31-30+,32-29?/t38-,39-,40+,41-,43+,47-,48+,49+/m0/s1. The zero-order chi connectivity index (χ0) is 52.8. The number of ether oxygens (including phenoxy) is 3. The predicted octanol–water partition coefficient (Wildman–Crippen LogP) is 8.17. The number of nitrogens with two attached hydrogens (primary N) is 1.